The first-order valence-electron chi connectivity index (χ1n) is 7.92. The first-order valence-corrected chi connectivity index (χ1v) is 7.92. The minimum atomic E-state index is -0.441. The van der Waals surface area contributed by atoms with Crippen LogP contribution in [0, 0.1) is 0 Å². The van der Waals surface area contributed by atoms with Crippen LogP contribution in [0.15, 0.2) is 40.8 Å². The molecule has 1 aromatic heterocycles. The Kier molecular flexibility index (Phi) is 6.66. The van der Waals surface area contributed by atoms with Crippen molar-refractivity contribution in [1.82, 2.24) is 5.32 Å². The van der Waals surface area contributed by atoms with Gasteiger partial charge in [-0.3, -0.25) is 0 Å². The number of benzene rings is 1. The van der Waals surface area contributed by atoms with Gasteiger partial charge in [0.15, 0.2) is 0 Å². The Morgan fingerprint density at radius 2 is 2.00 bits per heavy atom. The van der Waals surface area contributed by atoms with Gasteiger partial charge in [0.1, 0.15) is 11.5 Å². The molecule has 126 valence electrons. The summed E-state index contributed by atoms with van der Waals surface area (Å²) in [4.78, 5) is 0. The molecule has 1 aromatic carbocycles. The van der Waals surface area contributed by atoms with Crippen LogP contribution >= 0.6 is 12.4 Å². The maximum atomic E-state index is 9.53. The highest BCUT2D eigenvalue weighted by atomic mass is 35.5. The van der Waals surface area contributed by atoms with Crippen LogP contribution in [0.1, 0.15) is 37.2 Å². The van der Waals surface area contributed by atoms with Gasteiger partial charge < -0.3 is 19.6 Å². The molecule has 0 bridgehead atoms. The highest BCUT2D eigenvalue weighted by Crippen LogP contribution is 2.24. The van der Waals surface area contributed by atoms with Crippen molar-refractivity contribution >= 4 is 12.4 Å². The third-order valence-electron chi connectivity index (χ3n) is 4.03. The van der Waals surface area contributed by atoms with E-state index in [0.717, 1.165) is 42.2 Å². The standard InChI is InChI=1S/C18H23NO3.ClH/c1-13(20)14-4-6-15(7-5-14)18-9-8-17(22-18)12-19-11-16-3-2-10-21-16;/h4-9,13,16,19-20H,2-3,10-12H2,1H3;1H. The molecular formula is C18H24ClNO3. The van der Waals surface area contributed by atoms with Gasteiger partial charge in [0.2, 0.25) is 0 Å². The van der Waals surface area contributed by atoms with E-state index in [0.29, 0.717) is 12.6 Å². The summed E-state index contributed by atoms with van der Waals surface area (Å²) in [5.41, 5.74) is 1.93. The number of hydrogen-bond donors (Lipinski definition) is 2. The molecule has 2 unspecified atom stereocenters. The maximum absolute atomic E-state index is 9.53. The number of aliphatic hydroxyl groups is 1. The van der Waals surface area contributed by atoms with Crippen LogP contribution in [0.25, 0.3) is 11.3 Å². The van der Waals surface area contributed by atoms with Crippen molar-refractivity contribution in [3.05, 3.63) is 47.7 Å². The van der Waals surface area contributed by atoms with E-state index >= 15 is 0 Å². The molecule has 1 aliphatic heterocycles. The number of aliphatic hydroxyl groups excluding tert-OH is 1. The van der Waals surface area contributed by atoms with Crippen molar-refractivity contribution in [2.24, 2.45) is 0 Å². The van der Waals surface area contributed by atoms with Gasteiger partial charge in [-0.05, 0) is 37.5 Å². The van der Waals surface area contributed by atoms with Crippen molar-refractivity contribution in [3.63, 3.8) is 0 Å². The van der Waals surface area contributed by atoms with Crippen LogP contribution in [0.5, 0.6) is 0 Å². The van der Waals surface area contributed by atoms with Crippen LogP contribution in [0.3, 0.4) is 0 Å². The van der Waals surface area contributed by atoms with Crippen LogP contribution in [-0.2, 0) is 11.3 Å². The molecule has 3 rings (SSSR count). The van der Waals surface area contributed by atoms with Crippen LogP contribution < -0.4 is 5.32 Å². The van der Waals surface area contributed by atoms with Crippen molar-refractivity contribution in [2.45, 2.75) is 38.5 Å². The number of furan rings is 1. The molecule has 1 aliphatic rings. The summed E-state index contributed by atoms with van der Waals surface area (Å²) in [6.45, 7) is 4.24. The van der Waals surface area contributed by atoms with E-state index in [9.17, 15) is 5.11 Å². The lowest BCUT2D eigenvalue weighted by atomic mass is 10.1. The zero-order chi connectivity index (χ0) is 15.4. The average molecular weight is 338 g/mol. The zero-order valence-electron chi connectivity index (χ0n) is 13.3. The largest absolute Gasteiger partial charge is 0.460 e. The van der Waals surface area contributed by atoms with E-state index in [1.807, 2.05) is 36.4 Å². The predicted molar refractivity (Wildman–Crippen MR) is 92.7 cm³/mol. The molecule has 1 fully saturated rings. The van der Waals surface area contributed by atoms with Gasteiger partial charge in [0, 0.05) is 18.7 Å². The summed E-state index contributed by atoms with van der Waals surface area (Å²) >= 11 is 0. The second-order valence-electron chi connectivity index (χ2n) is 5.83. The Balaban J connectivity index is 0.00000192. The number of halogens is 1. The van der Waals surface area contributed by atoms with E-state index in [1.165, 1.54) is 6.42 Å². The maximum Gasteiger partial charge on any atom is 0.134 e. The minimum absolute atomic E-state index is 0. The number of nitrogens with one attached hydrogen (secondary N) is 1. The molecule has 2 N–H and O–H groups in total. The fourth-order valence-electron chi connectivity index (χ4n) is 2.72. The first-order chi connectivity index (χ1) is 10.7. The average Bonchev–Trinajstić information content (AvgIpc) is 3.19. The second-order valence-corrected chi connectivity index (χ2v) is 5.83. The molecular weight excluding hydrogens is 314 g/mol. The third kappa shape index (κ3) is 4.82. The van der Waals surface area contributed by atoms with Crippen LogP contribution in [0.2, 0.25) is 0 Å². The lowest BCUT2D eigenvalue weighted by Crippen LogP contribution is -2.25. The van der Waals surface area contributed by atoms with Gasteiger partial charge >= 0.3 is 0 Å². The Hall–Kier alpha value is -1.33. The summed E-state index contributed by atoms with van der Waals surface area (Å²) in [5, 5.41) is 12.9. The molecule has 5 heteroatoms. The van der Waals surface area contributed by atoms with Crippen molar-refractivity contribution in [3.8, 4) is 11.3 Å². The summed E-state index contributed by atoms with van der Waals surface area (Å²) in [6.07, 6.45) is 2.22. The van der Waals surface area contributed by atoms with E-state index < -0.39 is 6.10 Å². The molecule has 0 radical (unpaired) electrons. The fourth-order valence-corrected chi connectivity index (χ4v) is 2.72. The van der Waals surface area contributed by atoms with E-state index in [2.05, 4.69) is 5.32 Å². The number of ether oxygens (including phenoxy) is 1. The molecule has 4 nitrogen and oxygen atoms in total. The molecule has 0 amide bonds. The summed E-state index contributed by atoms with van der Waals surface area (Å²) < 4.78 is 11.5. The minimum Gasteiger partial charge on any atom is -0.460 e. The smallest absolute Gasteiger partial charge is 0.134 e. The lowest BCUT2D eigenvalue weighted by molar-refractivity contribution is 0.109. The van der Waals surface area contributed by atoms with E-state index in [-0.39, 0.29) is 12.4 Å². The van der Waals surface area contributed by atoms with Crippen LogP contribution in [0.4, 0.5) is 0 Å². The summed E-state index contributed by atoms with van der Waals surface area (Å²) in [5.74, 6) is 1.78. The highest BCUT2D eigenvalue weighted by molar-refractivity contribution is 5.85. The number of rotatable bonds is 6. The Labute approximate surface area is 143 Å². The Morgan fingerprint density at radius 3 is 2.65 bits per heavy atom. The molecule has 2 heterocycles. The van der Waals surface area contributed by atoms with Gasteiger partial charge in [0.05, 0.1) is 18.8 Å². The predicted octanol–water partition coefficient (Wildman–Crippen LogP) is 3.69. The second kappa shape index (κ2) is 8.50. The molecule has 23 heavy (non-hydrogen) atoms. The SMILES string of the molecule is CC(O)c1ccc(-c2ccc(CNCC3CCCO3)o2)cc1.Cl. The van der Waals surface area contributed by atoms with E-state index in [4.69, 9.17) is 9.15 Å². The first kappa shape index (κ1) is 18.0. The van der Waals surface area contributed by atoms with Crippen molar-refractivity contribution in [2.75, 3.05) is 13.2 Å². The quantitative estimate of drug-likeness (QED) is 0.844. The van der Waals surface area contributed by atoms with Gasteiger partial charge in [-0.2, -0.15) is 0 Å². The molecule has 2 aromatic rings. The molecule has 0 spiro atoms. The van der Waals surface area contributed by atoms with Gasteiger partial charge in [-0.15, -0.1) is 12.4 Å². The monoisotopic (exact) mass is 337 g/mol. The summed E-state index contributed by atoms with van der Waals surface area (Å²) in [6, 6.07) is 11.8. The highest BCUT2D eigenvalue weighted by Gasteiger charge is 2.14. The van der Waals surface area contributed by atoms with Gasteiger partial charge in [-0.1, -0.05) is 24.3 Å². The van der Waals surface area contributed by atoms with Crippen molar-refractivity contribution < 1.29 is 14.3 Å². The van der Waals surface area contributed by atoms with E-state index in [1.54, 1.807) is 6.92 Å². The van der Waals surface area contributed by atoms with Gasteiger partial charge in [-0.25, -0.2) is 0 Å². The third-order valence-corrected chi connectivity index (χ3v) is 4.03. The number of hydrogen-bond acceptors (Lipinski definition) is 4. The molecule has 0 aliphatic carbocycles. The fraction of sp³-hybridized carbons (Fsp3) is 0.444. The lowest BCUT2D eigenvalue weighted by Gasteiger charge is -2.09. The van der Waals surface area contributed by atoms with Crippen molar-refractivity contribution in [1.29, 1.82) is 0 Å². The normalized spacial score (nSPS) is 18.6. The Bertz CT molecular complexity index is 589. The summed E-state index contributed by atoms with van der Waals surface area (Å²) in [7, 11) is 0. The molecule has 0 saturated carbocycles. The molecule has 2 atom stereocenters. The zero-order valence-corrected chi connectivity index (χ0v) is 14.1. The Morgan fingerprint density at radius 1 is 1.22 bits per heavy atom. The van der Waals surface area contributed by atoms with Gasteiger partial charge in [0.25, 0.3) is 0 Å². The molecule has 1 saturated heterocycles. The topological polar surface area (TPSA) is 54.6 Å². The van der Waals surface area contributed by atoms with Crippen LogP contribution in [-0.4, -0.2) is 24.4 Å².